The van der Waals surface area contributed by atoms with Crippen LogP contribution in [0.15, 0.2) is 42.6 Å². The molecule has 0 N–H and O–H groups in total. The molecule has 100 valence electrons. The van der Waals surface area contributed by atoms with Crippen molar-refractivity contribution in [3.05, 3.63) is 59.0 Å². The topological polar surface area (TPSA) is 30.7 Å². The molecule has 0 radical (unpaired) electrons. The largest absolute Gasteiger partial charge is 0.319 e. The Morgan fingerprint density at radius 3 is 2.90 bits per heavy atom. The van der Waals surface area contributed by atoms with E-state index < -0.39 is 0 Å². The highest BCUT2D eigenvalue weighted by atomic mass is 35.5. The molecule has 3 nitrogen and oxygen atoms in total. The van der Waals surface area contributed by atoms with Gasteiger partial charge < -0.3 is 4.57 Å². The number of nitrogens with zero attached hydrogens (tertiary/aromatic N) is 3. The molecule has 1 aliphatic heterocycles. The molecule has 2 aromatic heterocycles. The van der Waals surface area contributed by atoms with Crippen LogP contribution in [0.25, 0.3) is 11.2 Å². The van der Waals surface area contributed by atoms with Crippen molar-refractivity contribution in [1.82, 2.24) is 14.5 Å². The van der Waals surface area contributed by atoms with E-state index in [-0.39, 0.29) is 0 Å². The quantitative estimate of drug-likeness (QED) is 0.675. The number of rotatable bonds is 1. The lowest BCUT2D eigenvalue weighted by Crippen LogP contribution is -2.18. The third kappa shape index (κ3) is 1.81. The number of hydrogen-bond donors (Lipinski definition) is 0. The van der Waals surface area contributed by atoms with E-state index >= 15 is 0 Å². The molecule has 0 fully saturated rings. The molecule has 1 atom stereocenters. The van der Waals surface area contributed by atoms with Crippen LogP contribution in [0.1, 0.15) is 30.3 Å². The molecule has 0 saturated heterocycles. The van der Waals surface area contributed by atoms with E-state index in [9.17, 15) is 0 Å². The lowest BCUT2D eigenvalue weighted by atomic mass is 9.97. The molecular weight excluding hydrogens is 270 g/mol. The van der Waals surface area contributed by atoms with Crippen LogP contribution in [0.4, 0.5) is 0 Å². The molecule has 1 aromatic carbocycles. The summed E-state index contributed by atoms with van der Waals surface area (Å²) < 4.78 is 2.31. The van der Waals surface area contributed by atoms with Gasteiger partial charge in [-0.1, -0.05) is 41.9 Å². The maximum absolute atomic E-state index is 6.11. The first-order valence-corrected chi connectivity index (χ1v) is 7.28. The van der Waals surface area contributed by atoms with Gasteiger partial charge in [-0.3, -0.25) is 0 Å². The minimum atomic E-state index is 0.338. The van der Waals surface area contributed by atoms with Crippen LogP contribution in [0, 0.1) is 0 Å². The Morgan fingerprint density at radius 1 is 1.20 bits per heavy atom. The Kier molecular flexibility index (Phi) is 2.74. The fraction of sp³-hybridized carbons (Fsp3) is 0.250. The second-order valence-electron chi connectivity index (χ2n) is 5.21. The normalized spacial score (nSPS) is 18.1. The molecule has 0 spiro atoms. The molecular formula is C16H14ClN3. The molecule has 0 amide bonds. The summed E-state index contributed by atoms with van der Waals surface area (Å²) in [4.78, 5) is 9.01. The zero-order valence-electron chi connectivity index (χ0n) is 11.0. The summed E-state index contributed by atoms with van der Waals surface area (Å²) in [5.41, 5.74) is 3.17. The summed E-state index contributed by atoms with van der Waals surface area (Å²) >= 11 is 6.11. The van der Waals surface area contributed by atoms with Gasteiger partial charge in [0.05, 0.1) is 16.6 Å². The second kappa shape index (κ2) is 4.60. The van der Waals surface area contributed by atoms with Crippen molar-refractivity contribution in [1.29, 1.82) is 0 Å². The van der Waals surface area contributed by atoms with Gasteiger partial charge in [-0.15, -0.1) is 0 Å². The number of aryl methyl sites for hydroxylation is 1. The SMILES string of the molecule is Clc1cnc2nc3n(c2c1)C(c1ccccc1)CCC3. The van der Waals surface area contributed by atoms with Gasteiger partial charge in [0, 0.05) is 12.6 Å². The van der Waals surface area contributed by atoms with Crippen molar-refractivity contribution in [2.45, 2.75) is 25.3 Å². The van der Waals surface area contributed by atoms with Gasteiger partial charge in [-0.2, -0.15) is 0 Å². The van der Waals surface area contributed by atoms with E-state index in [1.165, 1.54) is 5.56 Å². The summed E-state index contributed by atoms with van der Waals surface area (Å²) in [6, 6.07) is 12.9. The number of hydrogen-bond acceptors (Lipinski definition) is 2. The van der Waals surface area contributed by atoms with E-state index in [0.29, 0.717) is 11.1 Å². The molecule has 3 heterocycles. The van der Waals surface area contributed by atoms with E-state index in [1.807, 2.05) is 6.07 Å². The first kappa shape index (κ1) is 11.9. The van der Waals surface area contributed by atoms with Gasteiger partial charge in [-0.05, 0) is 24.5 Å². The monoisotopic (exact) mass is 283 g/mol. The molecule has 1 unspecified atom stereocenters. The summed E-state index contributed by atoms with van der Waals surface area (Å²) in [6.07, 6.45) is 4.98. The molecule has 3 aromatic rings. The van der Waals surface area contributed by atoms with Crippen molar-refractivity contribution in [2.75, 3.05) is 0 Å². The molecule has 0 saturated carbocycles. The van der Waals surface area contributed by atoms with Gasteiger partial charge in [0.15, 0.2) is 5.65 Å². The van der Waals surface area contributed by atoms with Crippen molar-refractivity contribution in [3.8, 4) is 0 Å². The smallest absolute Gasteiger partial charge is 0.178 e. The summed E-state index contributed by atoms with van der Waals surface area (Å²) in [5.74, 6) is 1.12. The first-order chi connectivity index (χ1) is 9.83. The Labute approximate surface area is 122 Å². The highest BCUT2D eigenvalue weighted by Crippen LogP contribution is 2.34. The van der Waals surface area contributed by atoms with E-state index in [4.69, 9.17) is 11.6 Å². The van der Waals surface area contributed by atoms with Crippen molar-refractivity contribution >= 4 is 22.8 Å². The molecule has 0 aliphatic carbocycles. The number of imidazole rings is 1. The van der Waals surface area contributed by atoms with Gasteiger partial charge >= 0.3 is 0 Å². The first-order valence-electron chi connectivity index (χ1n) is 6.90. The third-order valence-electron chi connectivity index (χ3n) is 3.96. The minimum Gasteiger partial charge on any atom is -0.319 e. The van der Waals surface area contributed by atoms with Gasteiger partial charge in [0.2, 0.25) is 0 Å². The number of benzene rings is 1. The van der Waals surface area contributed by atoms with Gasteiger partial charge in [0.1, 0.15) is 5.82 Å². The van der Waals surface area contributed by atoms with E-state index in [1.54, 1.807) is 6.20 Å². The number of halogens is 1. The Balaban J connectivity index is 1.95. The molecule has 1 aliphatic rings. The Morgan fingerprint density at radius 2 is 2.05 bits per heavy atom. The van der Waals surface area contributed by atoms with Crippen LogP contribution in [0.2, 0.25) is 5.02 Å². The Bertz CT molecular complexity index is 764. The van der Waals surface area contributed by atoms with E-state index in [0.717, 1.165) is 36.3 Å². The van der Waals surface area contributed by atoms with Gasteiger partial charge in [-0.25, -0.2) is 9.97 Å². The van der Waals surface area contributed by atoms with Crippen LogP contribution >= 0.6 is 11.6 Å². The molecule has 4 rings (SSSR count). The predicted octanol–water partition coefficient (Wildman–Crippen LogP) is 4.01. The number of aromatic nitrogens is 3. The highest BCUT2D eigenvalue weighted by molar-refractivity contribution is 6.31. The van der Waals surface area contributed by atoms with Gasteiger partial charge in [0.25, 0.3) is 0 Å². The van der Waals surface area contributed by atoms with Crippen LogP contribution in [0.5, 0.6) is 0 Å². The fourth-order valence-electron chi connectivity index (χ4n) is 3.10. The highest BCUT2D eigenvalue weighted by Gasteiger charge is 2.25. The fourth-order valence-corrected chi connectivity index (χ4v) is 3.25. The van der Waals surface area contributed by atoms with Crippen LogP contribution in [-0.4, -0.2) is 14.5 Å². The summed E-state index contributed by atoms with van der Waals surface area (Å²) in [6.45, 7) is 0. The summed E-state index contributed by atoms with van der Waals surface area (Å²) in [5, 5.41) is 0.664. The zero-order valence-corrected chi connectivity index (χ0v) is 11.7. The molecule has 20 heavy (non-hydrogen) atoms. The molecule has 0 bridgehead atoms. The lowest BCUT2D eigenvalue weighted by molar-refractivity contribution is 0.461. The van der Waals surface area contributed by atoms with Crippen molar-refractivity contribution < 1.29 is 0 Å². The van der Waals surface area contributed by atoms with Crippen LogP contribution in [0.3, 0.4) is 0 Å². The van der Waals surface area contributed by atoms with E-state index in [2.05, 4.69) is 44.9 Å². The minimum absolute atomic E-state index is 0.338. The maximum atomic E-state index is 6.11. The predicted molar refractivity (Wildman–Crippen MR) is 80.1 cm³/mol. The van der Waals surface area contributed by atoms with Crippen LogP contribution < -0.4 is 0 Å². The standard InChI is InChI=1S/C16H14ClN3/c17-12-9-14-16(18-10-12)19-15-8-4-7-13(20(14)15)11-5-2-1-3-6-11/h1-3,5-6,9-10,13H,4,7-8H2. The molecule has 4 heteroatoms. The van der Waals surface area contributed by atoms with Crippen molar-refractivity contribution in [3.63, 3.8) is 0 Å². The third-order valence-corrected chi connectivity index (χ3v) is 4.17. The number of fused-ring (bicyclic) bond motifs is 3. The summed E-state index contributed by atoms with van der Waals surface area (Å²) in [7, 11) is 0. The lowest BCUT2D eigenvalue weighted by Gasteiger charge is -2.26. The average molecular weight is 284 g/mol. The maximum Gasteiger partial charge on any atom is 0.178 e. The Hall–Kier alpha value is -1.87. The average Bonchev–Trinajstić information content (AvgIpc) is 2.86. The number of pyridine rings is 1. The second-order valence-corrected chi connectivity index (χ2v) is 5.65. The van der Waals surface area contributed by atoms with Crippen molar-refractivity contribution in [2.24, 2.45) is 0 Å². The van der Waals surface area contributed by atoms with Crippen LogP contribution in [-0.2, 0) is 6.42 Å². The zero-order chi connectivity index (χ0) is 13.5.